The van der Waals surface area contributed by atoms with Crippen molar-refractivity contribution in [2.75, 3.05) is 6.61 Å². The summed E-state index contributed by atoms with van der Waals surface area (Å²) in [4.78, 5) is 0. The Labute approximate surface area is 195 Å². The molecule has 0 spiro atoms. The first-order chi connectivity index (χ1) is 15.5. The van der Waals surface area contributed by atoms with Crippen molar-refractivity contribution < 1.29 is 13.5 Å². The van der Waals surface area contributed by atoms with E-state index in [1.807, 2.05) is 54.6 Å². The van der Waals surface area contributed by atoms with E-state index in [2.05, 4.69) is 51.9 Å². The minimum absolute atomic E-state index is 0.0669. The van der Waals surface area contributed by atoms with E-state index < -0.39 is 16.9 Å². The van der Waals surface area contributed by atoms with E-state index in [-0.39, 0.29) is 18.5 Å². The van der Waals surface area contributed by atoms with Crippen LogP contribution < -0.4 is 20.7 Å². The molecule has 0 aliphatic rings. The molecule has 0 aromatic heterocycles. The van der Waals surface area contributed by atoms with Gasteiger partial charge in [0.15, 0.2) is 0 Å². The van der Waals surface area contributed by atoms with Crippen LogP contribution in [0.3, 0.4) is 0 Å². The first kappa shape index (κ1) is 22.6. The van der Waals surface area contributed by atoms with Crippen molar-refractivity contribution in [3.05, 3.63) is 120 Å². The summed E-state index contributed by atoms with van der Waals surface area (Å²) < 4.78 is 35.5. The number of ether oxygens (including phenoxy) is 1. The van der Waals surface area contributed by atoms with Gasteiger partial charge in [0.25, 0.3) is 0 Å². The number of halogens is 3. The van der Waals surface area contributed by atoms with Crippen molar-refractivity contribution in [1.29, 1.82) is 0 Å². The summed E-state index contributed by atoms with van der Waals surface area (Å²) in [6.07, 6.45) is 0.277. The normalized spacial score (nSPS) is 12.7. The predicted octanol–water partition coefficient (Wildman–Crippen LogP) is 6.70. The quantitative estimate of drug-likeness (QED) is 0.250. The van der Waals surface area contributed by atoms with Crippen molar-refractivity contribution in [1.82, 2.24) is 0 Å². The second-order valence-electron chi connectivity index (χ2n) is 7.63. The molecule has 0 heterocycles. The SMILES string of the molecule is CCOc1ccc(CP(Br)(c2ccccc2)(c2ccccc2)c2ccccc2)c(F)c1F. The maximum absolute atomic E-state index is 15.4. The molecular formula is C27H24BrF2OP. The standard InChI is InChI=1S/C27H24BrF2OP/c1-2-31-25-19-18-21(26(29)27(25)30)20-32(28,22-12-6-3-7-13-22,23-14-8-4-9-15-23)24-16-10-5-11-17-24/h3-19H,2,20H2,1H3. The third-order valence-electron chi connectivity index (χ3n) is 5.78. The Bertz CT molecular complexity index is 1100. The van der Waals surface area contributed by atoms with Gasteiger partial charge in [-0.15, -0.1) is 0 Å². The Kier molecular flexibility index (Phi) is 6.46. The van der Waals surface area contributed by atoms with Gasteiger partial charge in [0.05, 0.1) is 0 Å². The van der Waals surface area contributed by atoms with Gasteiger partial charge < -0.3 is 0 Å². The van der Waals surface area contributed by atoms with Crippen LogP contribution in [0.15, 0.2) is 103 Å². The monoisotopic (exact) mass is 512 g/mol. The third-order valence-corrected chi connectivity index (χ3v) is 15.3. The molecule has 164 valence electrons. The Morgan fingerprint density at radius 2 is 1.09 bits per heavy atom. The zero-order chi connectivity index (χ0) is 22.6. The Balaban J connectivity index is 2.04. The van der Waals surface area contributed by atoms with Crippen LogP contribution in [0.4, 0.5) is 8.78 Å². The van der Waals surface area contributed by atoms with Crippen LogP contribution in [-0.4, -0.2) is 6.61 Å². The van der Waals surface area contributed by atoms with Gasteiger partial charge in [-0.1, -0.05) is 0 Å². The second-order valence-corrected chi connectivity index (χ2v) is 16.6. The van der Waals surface area contributed by atoms with Crippen molar-refractivity contribution in [2.45, 2.75) is 13.1 Å². The van der Waals surface area contributed by atoms with Crippen LogP contribution in [0.25, 0.3) is 0 Å². The van der Waals surface area contributed by atoms with Crippen LogP contribution in [-0.2, 0) is 6.16 Å². The number of rotatable bonds is 7. The topological polar surface area (TPSA) is 9.23 Å². The van der Waals surface area contributed by atoms with Crippen LogP contribution in [0.2, 0.25) is 0 Å². The summed E-state index contributed by atoms with van der Waals surface area (Å²) in [6.45, 7) is 2.02. The molecule has 1 nitrogen and oxygen atoms in total. The fourth-order valence-electron chi connectivity index (χ4n) is 4.22. The molecule has 0 radical (unpaired) electrons. The molecule has 0 amide bonds. The van der Waals surface area contributed by atoms with Gasteiger partial charge in [-0.2, -0.15) is 0 Å². The Morgan fingerprint density at radius 1 is 0.656 bits per heavy atom. The Morgan fingerprint density at radius 3 is 1.50 bits per heavy atom. The van der Waals surface area contributed by atoms with Gasteiger partial charge in [-0.25, -0.2) is 0 Å². The molecule has 32 heavy (non-hydrogen) atoms. The van der Waals surface area contributed by atoms with Gasteiger partial charge >= 0.3 is 196 Å². The van der Waals surface area contributed by atoms with Crippen molar-refractivity contribution in [3.63, 3.8) is 0 Å². The average molecular weight is 513 g/mol. The first-order valence-electron chi connectivity index (χ1n) is 10.5. The fourth-order valence-corrected chi connectivity index (χ4v) is 11.9. The molecule has 0 unspecified atom stereocenters. The molecule has 0 bridgehead atoms. The summed E-state index contributed by atoms with van der Waals surface area (Å²) in [6, 6.07) is 33.3. The van der Waals surface area contributed by atoms with Gasteiger partial charge in [0.2, 0.25) is 0 Å². The molecule has 0 saturated carbocycles. The molecule has 0 saturated heterocycles. The van der Waals surface area contributed by atoms with Crippen LogP contribution >= 0.6 is 20.8 Å². The Hall–Kier alpha value is -2.55. The van der Waals surface area contributed by atoms with Crippen LogP contribution in [0.1, 0.15) is 12.5 Å². The molecule has 0 atom stereocenters. The zero-order valence-corrected chi connectivity index (χ0v) is 20.2. The van der Waals surface area contributed by atoms with Gasteiger partial charge in [0, 0.05) is 0 Å². The van der Waals surface area contributed by atoms with E-state index in [4.69, 9.17) is 4.74 Å². The third kappa shape index (κ3) is 3.76. The van der Waals surface area contributed by atoms with E-state index in [9.17, 15) is 4.39 Å². The van der Waals surface area contributed by atoms with E-state index >= 15 is 4.39 Å². The molecule has 0 N–H and O–H groups in total. The van der Waals surface area contributed by atoms with E-state index in [0.717, 1.165) is 15.9 Å². The molecule has 4 rings (SSSR count). The predicted molar refractivity (Wildman–Crippen MR) is 135 cm³/mol. The number of hydrogen-bond donors (Lipinski definition) is 0. The van der Waals surface area contributed by atoms with Crippen molar-refractivity contribution in [2.24, 2.45) is 0 Å². The summed E-state index contributed by atoms with van der Waals surface area (Å²) >= 11 is 4.27. The molecule has 0 fully saturated rings. The van der Waals surface area contributed by atoms with E-state index in [1.165, 1.54) is 6.07 Å². The van der Waals surface area contributed by atoms with Gasteiger partial charge in [-0.3, -0.25) is 0 Å². The molecule has 4 aromatic carbocycles. The van der Waals surface area contributed by atoms with Crippen LogP contribution in [0, 0.1) is 11.6 Å². The second kappa shape index (κ2) is 9.13. The average Bonchev–Trinajstić information content (AvgIpc) is 2.85. The molecule has 0 aliphatic heterocycles. The summed E-state index contributed by atoms with van der Waals surface area (Å²) in [5, 5.41) is -0.272. The zero-order valence-electron chi connectivity index (χ0n) is 17.7. The van der Waals surface area contributed by atoms with E-state index in [0.29, 0.717) is 5.56 Å². The summed E-state index contributed by atoms with van der Waals surface area (Å²) in [5.74, 6) is -1.88. The van der Waals surface area contributed by atoms with Crippen molar-refractivity contribution in [3.8, 4) is 5.75 Å². The van der Waals surface area contributed by atoms with Gasteiger partial charge in [0.1, 0.15) is 0 Å². The van der Waals surface area contributed by atoms with Crippen LogP contribution in [0.5, 0.6) is 5.75 Å². The number of benzene rings is 4. The first-order valence-corrected chi connectivity index (χ1v) is 14.9. The van der Waals surface area contributed by atoms with Crippen molar-refractivity contribution >= 4 is 36.7 Å². The van der Waals surface area contributed by atoms with Gasteiger partial charge in [-0.05, 0) is 0 Å². The molecule has 0 aliphatic carbocycles. The fraction of sp³-hybridized carbons (Fsp3) is 0.111. The summed E-state index contributed by atoms with van der Waals surface area (Å²) in [7, 11) is 0. The number of hydrogen-bond acceptors (Lipinski definition) is 1. The molecule has 5 heteroatoms. The minimum atomic E-state index is -3.41. The summed E-state index contributed by atoms with van der Waals surface area (Å²) in [5.41, 5.74) is 0.303. The maximum atomic E-state index is 15.4. The molecular weight excluding hydrogens is 489 g/mol. The molecule has 4 aromatic rings. The van der Waals surface area contributed by atoms with E-state index in [1.54, 1.807) is 13.0 Å².